The number of hydrogen-bond acceptors (Lipinski definition) is 1. The van der Waals surface area contributed by atoms with E-state index in [1.54, 1.807) is 0 Å². The van der Waals surface area contributed by atoms with E-state index in [1.165, 1.54) is 22.3 Å². The number of hydrogen-bond donors (Lipinski definition) is 0. The summed E-state index contributed by atoms with van der Waals surface area (Å²) in [6.07, 6.45) is 0.478. The van der Waals surface area contributed by atoms with E-state index in [4.69, 9.17) is 0 Å². The number of ketones is 1. The standard InChI is InChI=1S/C19H22O/c1-12-6-13(2)8-17(7-12)11-19(20)18-10-15(4)14(3)9-16(18)5/h6-10H,11H2,1-5H3. The van der Waals surface area contributed by atoms with Crippen LogP contribution in [0.3, 0.4) is 0 Å². The van der Waals surface area contributed by atoms with E-state index >= 15 is 0 Å². The molecule has 1 nitrogen and oxygen atoms in total. The molecule has 0 amide bonds. The Morgan fingerprint density at radius 2 is 1.30 bits per heavy atom. The van der Waals surface area contributed by atoms with E-state index in [0.717, 1.165) is 16.7 Å². The zero-order valence-corrected chi connectivity index (χ0v) is 13.0. The summed E-state index contributed by atoms with van der Waals surface area (Å²) in [4.78, 5) is 12.5. The van der Waals surface area contributed by atoms with Gasteiger partial charge in [-0.2, -0.15) is 0 Å². The maximum atomic E-state index is 12.5. The third-order valence-electron chi connectivity index (χ3n) is 3.79. The first-order valence-corrected chi connectivity index (χ1v) is 7.05. The normalized spacial score (nSPS) is 10.7. The van der Waals surface area contributed by atoms with Gasteiger partial charge in [0.15, 0.2) is 5.78 Å². The van der Waals surface area contributed by atoms with Crippen LogP contribution >= 0.6 is 0 Å². The predicted molar refractivity (Wildman–Crippen MR) is 84.6 cm³/mol. The molecule has 104 valence electrons. The molecule has 0 saturated carbocycles. The van der Waals surface area contributed by atoms with Crippen LogP contribution in [0.15, 0.2) is 30.3 Å². The highest BCUT2D eigenvalue weighted by Gasteiger charge is 2.12. The number of rotatable bonds is 3. The van der Waals surface area contributed by atoms with Crippen molar-refractivity contribution in [2.24, 2.45) is 0 Å². The number of benzene rings is 2. The molecule has 2 aromatic carbocycles. The summed E-state index contributed by atoms with van der Waals surface area (Å²) in [6, 6.07) is 10.5. The van der Waals surface area contributed by atoms with Crippen molar-refractivity contribution < 1.29 is 4.79 Å². The molecule has 0 fully saturated rings. The van der Waals surface area contributed by atoms with Gasteiger partial charge in [-0.3, -0.25) is 4.79 Å². The highest BCUT2D eigenvalue weighted by atomic mass is 16.1. The summed E-state index contributed by atoms with van der Waals surface area (Å²) in [5.41, 5.74) is 7.87. The molecule has 0 heterocycles. The van der Waals surface area contributed by atoms with Gasteiger partial charge < -0.3 is 0 Å². The Bertz CT molecular complexity index is 645. The van der Waals surface area contributed by atoms with E-state index in [-0.39, 0.29) is 5.78 Å². The van der Waals surface area contributed by atoms with Crippen LogP contribution in [0.5, 0.6) is 0 Å². The van der Waals surface area contributed by atoms with Gasteiger partial charge >= 0.3 is 0 Å². The molecule has 0 aromatic heterocycles. The minimum absolute atomic E-state index is 0.204. The average molecular weight is 266 g/mol. The quantitative estimate of drug-likeness (QED) is 0.739. The van der Waals surface area contributed by atoms with Crippen LogP contribution in [-0.2, 0) is 6.42 Å². The van der Waals surface area contributed by atoms with Gasteiger partial charge in [-0.25, -0.2) is 0 Å². The summed E-state index contributed by atoms with van der Waals surface area (Å²) >= 11 is 0. The summed E-state index contributed by atoms with van der Waals surface area (Å²) in [5, 5.41) is 0. The summed E-state index contributed by atoms with van der Waals surface area (Å²) in [5.74, 6) is 0.204. The SMILES string of the molecule is Cc1cc(C)cc(CC(=O)c2cc(C)c(C)cc2C)c1. The van der Waals surface area contributed by atoms with Gasteiger partial charge in [-0.1, -0.05) is 35.4 Å². The Morgan fingerprint density at radius 1 is 0.750 bits per heavy atom. The van der Waals surface area contributed by atoms with Crippen LogP contribution in [0.4, 0.5) is 0 Å². The first kappa shape index (κ1) is 14.5. The lowest BCUT2D eigenvalue weighted by atomic mass is 9.94. The highest BCUT2D eigenvalue weighted by molar-refractivity contribution is 5.99. The topological polar surface area (TPSA) is 17.1 Å². The Morgan fingerprint density at radius 3 is 1.90 bits per heavy atom. The van der Waals surface area contributed by atoms with Crippen LogP contribution in [0.25, 0.3) is 0 Å². The second kappa shape index (κ2) is 5.62. The molecule has 0 radical (unpaired) electrons. The summed E-state index contributed by atoms with van der Waals surface area (Å²) in [6.45, 7) is 10.3. The van der Waals surface area contributed by atoms with Crippen molar-refractivity contribution in [2.75, 3.05) is 0 Å². The lowest BCUT2D eigenvalue weighted by Crippen LogP contribution is -2.07. The Kier molecular flexibility index (Phi) is 4.08. The summed E-state index contributed by atoms with van der Waals surface area (Å²) < 4.78 is 0. The molecule has 0 aliphatic heterocycles. The van der Waals surface area contributed by atoms with Gasteiger partial charge in [0, 0.05) is 12.0 Å². The van der Waals surface area contributed by atoms with Crippen LogP contribution in [-0.4, -0.2) is 5.78 Å². The van der Waals surface area contributed by atoms with Crippen LogP contribution in [0.2, 0.25) is 0 Å². The van der Waals surface area contributed by atoms with Gasteiger partial charge in [0.05, 0.1) is 0 Å². The average Bonchev–Trinajstić information content (AvgIpc) is 2.32. The molecule has 0 spiro atoms. The minimum Gasteiger partial charge on any atom is -0.294 e. The highest BCUT2D eigenvalue weighted by Crippen LogP contribution is 2.18. The number of carbonyl (C=O) groups is 1. The second-order valence-corrected chi connectivity index (χ2v) is 5.85. The van der Waals surface area contributed by atoms with Crippen molar-refractivity contribution >= 4 is 5.78 Å². The maximum absolute atomic E-state index is 12.5. The maximum Gasteiger partial charge on any atom is 0.167 e. The molecular weight excluding hydrogens is 244 g/mol. The second-order valence-electron chi connectivity index (χ2n) is 5.85. The minimum atomic E-state index is 0.204. The number of carbonyl (C=O) groups excluding carboxylic acids is 1. The molecule has 0 aliphatic carbocycles. The zero-order valence-electron chi connectivity index (χ0n) is 13.0. The Labute approximate surface area is 121 Å². The van der Waals surface area contributed by atoms with Crippen molar-refractivity contribution in [3.05, 3.63) is 69.3 Å². The van der Waals surface area contributed by atoms with Crippen LogP contribution in [0, 0.1) is 34.6 Å². The van der Waals surface area contributed by atoms with Crippen molar-refractivity contribution in [1.82, 2.24) is 0 Å². The first-order valence-electron chi connectivity index (χ1n) is 7.05. The summed E-state index contributed by atoms with van der Waals surface area (Å²) in [7, 11) is 0. The molecule has 0 saturated heterocycles. The molecule has 20 heavy (non-hydrogen) atoms. The molecule has 0 bridgehead atoms. The molecule has 1 heteroatoms. The Balaban J connectivity index is 2.30. The molecule has 2 rings (SSSR count). The molecule has 0 unspecified atom stereocenters. The van der Waals surface area contributed by atoms with E-state index < -0.39 is 0 Å². The van der Waals surface area contributed by atoms with Crippen LogP contribution < -0.4 is 0 Å². The van der Waals surface area contributed by atoms with Crippen molar-refractivity contribution in [3.8, 4) is 0 Å². The first-order chi connectivity index (χ1) is 9.36. The fourth-order valence-corrected chi connectivity index (χ4v) is 2.71. The number of aryl methyl sites for hydroxylation is 5. The lowest BCUT2D eigenvalue weighted by Gasteiger charge is -2.10. The molecule has 0 aliphatic rings. The van der Waals surface area contributed by atoms with Gasteiger partial charge in [0.1, 0.15) is 0 Å². The van der Waals surface area contributed by atoms with E-state index in [9.17, 15) is 4.79 Å². The lowest BCUT2D eigenvalue weighted by molar-refractivity contribution is 0.0992. The van der Waals surface area contributed by atoms with Crippen molar-refractivity contribution in [3.63, 3.8) is 0 Å². The molecule has 0 atom stereocenters. The van der Waals surface area contributed by atoms with E-state index in [0.29, 0.717) is 6.42 Å². The number of Topliss-reactive ketones (excluding diaryl/α,β-unsaturated/α-hetero) is 1. The predicted octanol–water partition coefficient (Wildman–Crippen LogP) is 4.65. The molecule has 2 aromatic rings. The molecular formula is C19H22O. The largest absolute Gasteiger partial charge is 0.294 e. The van der Waals surface area contributed by atoms with Gasteiger partial charge in [0.2, 0.25) is 0 Å². The fourth-order valence-electron chi connectivity index (χ4n) is 2.71. The third-order valence-corrected chi connectivity index (χ3v) is 3.79. The fraction of sp³-hybridized carbons (Fsp3) is 0.316. The van der Waals surface area contributed by atoms with Crippen molar-refractivity contribution in [1.29, 1.82) is 0 Å². The monoisotopic (exact) mass is 266 g/mol. The smallest absolute Gasteiger partial charge is 0.167 e. The van der Waals surface area contributed by atoms with Gasteiger partial charge in [-0.15, -0.1) is 0 Å². The third kappa shape index (κ3) is 3.16. The van der Waals surface area contributed by atoms with Crippen LogP contribution in [0.1, 0.15) is 43.7 Å². The van der Waals surface area contributed by atoms with E-state index in [2.05, 4.69) is 52.0 Å². The van der Waals surface area contributed by atoms with Crippen molar-refractivity contribution in [2.45, 2.75) is 41.0 Å². The Hall–Kier alpha value is -1.89. The van der Waals surface area contributed by atoms with E-state index in [1.807, 2.05) is 13.0 Å². The van der Waals surface area contributed by atoms with Gasteiger partial charge in [-0.05, 0) is 62.9 Å². The van der Waals surface area contributed by atoms with Gasteiger partial charge in [0.25, 0.3) is 0 Å². The molecule has 0 N–H and O–H groups in total. The zero-order chi connectivity index (χ0) is 14.9.